The number of alkyl carbamates (subject to hydrolysis) is 1. The van der Waals surface area contributed by atoms with E-state index < -0.39 is 17.7 Å². The zero-order chi connectivity index (χ0) is 14.8. The molecule has 108 valence electrons. The number of amides is 1. The maximum Gasteiger partial charge on any atom is 0.407 e. The summed E-state index contributed by atoms with van der Waals surface area (Å²) >= 11 is 0. The first-order chi connectivity index (χ1) is 9.35. The lowest BCUT2D eigenvalue weighted by Crippen LogP contribution is -2.36. The standard InChI is InChI=1S/C12H18N6O2/c1-12(2,3)20-11(19)15-6-8(13)7-4-9-10(14-5-7)17-18-16-9/h4-5,8H,6,13H2,1-3H3,(H,15,19)(H,14,16,17,18). The summed E-state index contributed by atoms with van der Waals surface area (Å²) in [4.78, 5) is 15.7. The Kier molecular flexibility index (Phi) is 3.84. The Morgan fingerprint density at radius 1 is 1.50 bits per heavy atom. The molecule has 0 aliphatic heterocycles. The summed E-state index contributed by atoms with van der Waals surface area (Å²) in [5, 5.41) is 12.9. The van der Waals surface area contributed by atoms with Gasteiger partial charge in [0.15, 0.2) is 0 Å². The minimum atomic E-state index is -0.532. The number of hydrogen-bond donors (Lipinski definition) is 3. The van der Waals surface area contributed by atoms with E-state index in [0.717, 1.165) is 5.56 Å². The van der Waals surface area contributed by atoms with Gasteiger partial charge < -0.3 is 15.8 Å². The number of aromatic amines is 1. The van der Waals surface area contributed by atoms with Crippen LogP contribution in [-0.4, -0.2) is 38.6 Å². The lowest BCUT2D eigenvalue weighted by Gasteiger charge is -2.20. The molecule has 1 atom stereocenters. The first-order valence-electron chi connectivity index (χ1n) is 6.24. The highest BCUT2D eigenvalue weighted by Gasteiger charge is 2.17. The van der Waals surface area contributed by atoms with Crippen LogP contribution in [0.15, 0.2) is 12.3 Å². The molecule has 0 aliphatic carbocycles. The zero-order valence-corrected chi connectivity index (χ0v) is 11.7. The van der Waals surface area contributed by atoms with E-state index in [1.54, 1.807) is 33.0 Å². The van der Waals surface area contributed by atoms with Crippen LogP contribution in [-0.2, 0) is 4.74 Å². The van der Waals surface area contributed by atoms with E-state index in [4.69, 9.17) is 10.5 Å². The molecule has 1 unspecified atom stereocenters. The van der Waals surface area contributed by atoms with Crippen LogP contribution < -0.4 is 11.1 Å². The van der Waals surface area contributed by atoms with Gasteiger partial charge in [-0.15, -0.1) is 5.10 Å². The van der Waals surface area contributed by atoms with Crippen molar-refractivity contribution in [2.45, 2.75) is 32.4 Å². The number of carbonyl (C=O) groups excluding carboxylic acids is 1. The van der Waals surface area contributed by atoms with Gasteiger partial charge in [-0.25, -0.2) is 9.78 Å². The monoisotopic (exact) mass is 278 g/mol. The minimum Gasteiger partial charge on any atom is -0.444 e. The van der Waals surface area contributed by atoms with Crippen molar-refractivity contribution in [1.82, 2.24) is 25.7 Å². The van der Waals surface area contributed by atoms with Crippen LogP contribution in [0.5, 0.6) is 0 Å². The molecular weight excluding hydrogens is 260 g/mol. The van der Waals surface area contributed by atoms with Gasteiger partial charge in [-0.05, 0) is 32.4 Å². The minimum absolute atomic E-state index is 0.250. The van der Waals surface area contributed by atoms with E-state index in [9.17, 15) is 4.79 Å². The number of nitrogens with one attached hydrogen (secondary N) is 2. The van der Waals surface area contributed by atoms with Gasteiger partial charge in [-0.2, -0.15) is 10.3 Å². The van der Waals surface area contributed by atoms with Gasteiger partial charge in [0.2, 0.25) is 5.65 Å². The van der Waals surface area contributed by atoms with Crippen molar-refractivity contribution in [3.8, 4) is 0 Å². The summed E-state index contributed by atoms with van der Waals surface area (Å²) in [5.74, 6) is 0. The van der Waals surface area contributed by atoms with Crippen LogP contribution in [0.4, 0.5) is 4.79 Å². The summed E-state index contributed by atoms with van der Waals surface area (Å²) in [6, 6.07) is 1.39. The van der Waals surface area contributed by atoms with E-state index in [2.05, 4.69) is 25.7 Å². The second-order valence-electron chi connectivity index (χ2n) is 5.42. The van der Waals surface area contributed by atoms with E-state index in [-0.39, 0.29) is 6.54 Å². The molecule has 0 saturated heterocycles. The van der Waals surface area contributed by atoms with Crippen LogP contribution in [0.1, 0.15) is 32.4 Å². The van der Waals surface area contributed by atoms with Gasteiger partial charge >= 0.3 is 6.09 Å². The van der Waals surface area contributed by atoms with E-state index in [0.29, 0.717) is 11.2 Å². The molecule has 0 radical (unpaired) electrons. The highest BCUT2D eigenvalue weighted by Crippen LogP contribution is 2.13. The number of fused-ring (bicyclic) bond motifs is 1. The molecule has 8 heteroatoms. The number of nitrogens with zero attached hydrogens (tertiary/aromatic N) is 3. The number of carbonyl (C=O) groups is 1. The molecule has 0 saturated carbocycles. The summed E-state index contributed by atoms with van der Waals surface area (Å²) in [6.45, 7) is 5.65. The Hall–Kier alpha value is -2.22. The predicted molar refractivity (Wildman–Crippen MR) is 72.8 cm³/mol. The third-order valence-corrected chi connectivity index (χ3v) is 2.49. The van der Waals surface area contributed by atoms with Gasteiger partial charge in [0.05, 0.1) is 0 Å². The molecule has 0 bridgehead atoms. The van der Waals surface area contributed by atoms with Crippen LogP contribution in [0, 0.1) is 0 Å². The van der Waals surface area contributed by atoms with E-state index >= 15 is 0 Å². The molecule has 4 N–H and O–H groups in total. The van der Waals surface area contributed by atoms with Gasteiger partial charge in [0, 0.05) is 18.8 Å². The Balaban J connectivity index is 1.94. The summed E-state index contributed by atoms with van der Waals surface area (Å²) in [5.41, 5.74) is 7.40. The molecule has 0 spiro atoms. The second kappa shape index (κ2) is 5.41. The van der Waals surface area contributed by atoms with Gasteiger partial charge in [0.25, 0.3) is 0 Å². The van der Waals surface area contributed by atoms with Crippen molar-refractivity contribution in [3.05, 3.63) is 17.8 Å². The fourth-order valence-electron chi connectivity index (χ4n) is 1.58. The van der Waals surface area contributed by atoms with Crippen molar-refractivity contribution in [3.63, 3.8) is 0 Å². The fourth-order valence-corrected chi connectivity index (χ4v) is 1.58. The predicted octanol–water partition coefficient (Wildman–Crippen LogP) is 0.877. The number of pyridine rings is 1. The molecule has 0 aliphatic rings. The average molecular weight is 278 g/mol. The SMILES string of the molecule is CC(C)(C)OC(=O)NCC(N)c1cnc2n[nH]nc2c1. The normalized spacial score (nSPS) is 13.2. The molecule has 8 nitrogen and oxygen atoms in total. The molecular formula is C12H18N6O2. The lowest BCUT2D eigenvalue weighted by molar-refractivity contribution is 0.0524. The van der Waals surface area contributed by atoms with E-state index in [1.165, 1.54) is 0 Å². The topological polar surface area (TPSA) is 119 Å². The molecule has 2 aromatic heterocycles. The Labute approximate surface area is 116 Å². The molecule has 0 fully saturated rings. The maximum atomic E-state index is 11.5. The first-order valence-corrected chi connectivity index (χ1v) is 6.24. The molecule has 20 heavy (non-hydrogen) atoms. The quantitative estimate of drug-likeness (QED) is 0.766. The fraction of sp³-hybridized carbons (Fsp3) is 0.500. The molecule has 2 aromatic rings. The number of ether oxygens (including phenoxy) is 1. The third-order valence-electron chi connectivity index (χ3n) is 2.49. The smallest absolute Gasteiger partial charge is 0.407 e. The van der Waals surface area contributed by atoms with Gasteiger partial charge in [-0.3, -0.25) is 0 Å². The highest BCUT2D eigenvalue weighted by atomic mass is 16.6. The lowest BCUT2D eigenvalue weighted by atomic mass is 10.1. The van der Waals surface area contributed by atoms with Crippen molar-refractivity contribution in [1.29, 1.82) is 0 Å². The largest absolute Gasteiger partial charge is 0.444 e. The average Bonchev–Trinajstić information content (AvgIpc) is 2.80. The summed E-state index contributed by atoms with van der Waals surface area (Å²) < 4.78 is 5.13. The Morgan fingerprint density at radius 2 is 2.25 bits per heavy atom. The van der Waals surface area contributed by atoms with Crippen molar-refractivity contribution >= 4 is 17.3 Å². The van der Waals surface area contributed by atoms with Crippen molar-refractivity contribution < 1.29 is 9.53 Å². The number of rotatable bonds is 3. The zero-order valence-electron chi connectivity index (χ0n) is 11.7. The summed E-state index contributed by atoms with van der Waals surface area (Å²) in [7, 11) is 0. The van der Waals surface area contributed by atoms with E-state index in [1.807, 2.05) is 0 Å². The Bertz CT molecular complexity index is 603. The molecule has 2 rings (SSSR count). The van der Waals surface area contributed by atoms with Crippen LogP contribution >= 0.6 is 0 Å². The van der Waals surface area contributed by atoms with Crippen LogP contribution in [0.25, 0.3) is 11.2 Å². The van der Waals surface area contributed by atoms with Crippen LogP contribution in [0.3, 0.4) is 0 Å². The third kappa shape index (κ3) is 3.64. The van der Waals surface area contributed by atoms with Gasteiger partial charge in [0.1, 0.15) is 11.1 Å². The first kappa shape index (κ1) is 14.2. The molecule has 2 heterocycles. The second-order valence-corrected chi connectivity index (χ2v) is 5.42. The van der Waals surface area contributed by atoms with Gasteiger partial charge in [-0.1, -0.05) is 0 Å². The summed E-state index contributed by atoms with van der Waals surface area (Å²) in [6.07, 6.45) is 1.12. The molecule has 1 amide bonds. The number of nitrogens with two attached hydrogens (primary N) is 1. The highest BCUT2D eigenvalue weighted by molar-refractivity contribution is 5.69. The number of aromatic nitrogens is 4. The molecule has 0 aromatic carbocycles. The van der Waals surface area contributed by atoms with Crippen molar-refractivity contribution in [2.75, 3.05) is 6.54 Å². The Morgan fingerprint density at radius 3 is 2.95 bits per heavy atom. The van der Waals surface area contributed by atoms with Crippen molar-refractivity contribution in [2.24, 2.45) is 5.73 Å². The van der Waals surface area contributed by atoms with Crippen LogP contribution in [0.2, 0.25) is 0 Å². The number of H-pyrrole nitrogens is 1. The maximum absolute atomic E-state index is 11.5. The number of hydrogen-bond acceptors (Lipinski definition) is 6.